The monoisotopic (exact) mass is 260 g/mol. The molecule has 0 aromatic carbocycles. The van der Waals surface area contributed by atoms with Gasteiger partial charge in [0.1, 0.15) is 0 Å². The first-order valence-corrected chi connectivity index (χ1v) is 6.80. The molecular formula is C10H16N2OSe. The van der Waals surface area contributed by atoms with E-state index < -0.39 is 0 Å². The van der Waals surface area contributed by atoms with Crippen molar-refractivity contribution in [1.82, 2.24) is 4.98 Å². The number of anilines is 1. The van der Waals surface area contributed by atoms with Gasteiger partial charge in [0.15, 0.2) is 0 Å². The first kappa shape index (κ1) is 10.2. The molecule has 2 heterocycles. The van der Waals surface area contributed by atoms with Gasteiger partial charge in [0.05, 0.1) is 0 Å². The number of rotatable bonds is 3. The van der Waals surface area contributed by atoms with Crippen LogP contribution in [-0.2, 0) is 11.3 Å². The van der Waals surface area contributed by atoms with Gasteiger partial charge in [-0.1, -0.05) is 0 Å². The van der Waals surface area contributed by atoms with Gasteiger partial charge in [-0.3, -0.25) is 0 Å². The number of hydrogen-bond acceptors (Lipinski definition) is 3. The van der Waals surface area contributed by atoms with Crippen LogP contribution in [0.1, 0.15) is 23.7 Å². The Balaban J connectivity index is 2.00. The molecule has 0 bridgehead atoms. The van der Waals surface area contributed by atoms with E-state index in [-0.39, 0.29) is 0 Å². The fourth-order valence-electron chi connectivity index (χ4n) is 1.74. The van der Waals surface area contributed by atoms with Gasteiger partial charge in [0, 0.05) is 0 Å². The quantitative estimate of drug-likeness (QED) is 0.764. The molecule has 2 rings (SSSR count). The molecule has 1 fully saturated rings. The second kappa shape index (κ2) is 4.96. The van der Waals surface area contributed by atoms with Crippen LogP contribution in [0.5, 0.6) is 0 Å². The molecule has 1 aliphatic rings. The van der Waals surface area contributed by atoms with Crippen LogP contribution < -0.4 is 4.90 Å². The Morgan fingerprint density at radius 2 is 2.21 bits per heavy atom. The van der Waals surface area contributed by atoms with E-state index in [4.69, 9.17) is 4.74 Å². The third kappa shape index (κ3) is 2.38. The Morgan fingerprint density at radius 1 is 1.43 bits per heavy atom. The van der Waals surface area contributed by atoms with Gasteiger partial charge in [-0.15, -0.1) is 0 Å². The van der Waals surface area contributed by atoms with Crippen LogP contribution in [0.4, 0.5) is 4.69 Å². The minimum absolute atomic E-state index is 0.424. The maximum atomic E-state index is 5.12. The summed E-state index contributed by atoms with van der Waals surface area (Å²) in [5.74, 6) is 0. The molecule has 14 heavy (non-hydrogen) atoms. The Morgan fingerprint density at radius 3 is 2.93 bits per heavy atom. The third-order valence-corrected chi connectivity index (χ3v) is 4.62. The molecule has 0 radical (unpaired) electrons. The number of methoxy groups -OCH3 is 1. The SMILES string of the molecule is COCc1cnc(N2CCCCC2)[se]1. The van der Waals surface area contributed by atoms with Crippen molar-refractivity contribution in [3.63, 3.8) is 0 Å². The second-order valence-corrected chi connectivity index (χ2v) is 5.88. The second-order valence-electron chi connectivity index (χ2n) is 3.59. The Bertz CT molecular complexity index is 281. The zero-order valence-corrected chi connectivity index (χ0v) is 10.2. The van der Waals surface area contributed by atoms with Crippen molar-refractivity contribution in [1.29, 1.82) is 0 Å². The molecule has 0 saturated carbocycles. The summed E-state index contributed by atoms with van der Waals surface area (Å²) in [6, 6.07) is 0. The predicted molar refractivity (Wildman–Crippen MR) is 58.0 cm³/mol. The minimum atomic E-state index is 0.424. The maximum absolute atomic E-state index is 5.12. The van der Waals surface area contributed by atoms with Gasteiger partial charge in [-0.05, 0) is 0 Å². The molecule has 0 aliphatic carbocycles. The normalized spacial score (nSPS) is 17.4. The van der Waals surface area contributed by atoms with Gasteiger partial charge < -0.3 is 0 Å². The number of nitrogens with zero attached hydrogens (tertiary/aromatic N) is 2. The molecule has 1 saturated heterocycles. The van der Waals surface area contributed by atoms with Crippen LogP contribution in [0.2, 0.25) is 0 Å². The van der Waals surface area contributed by atoms with Crippen LogP contribution in [-0.4, -0.2) is 39.7 Å². The first-order valence-electron chi connectivity index (χ1n) is 5.09. The van der Waals surface area contributed by atoms with Crippen molar-refractivity contribution in [2.24, 2.45) is 0 Å². The van der Waals surface area contributed by atoms with Gasteiger partial charge in [0.2, 0.25) is 0 Å². The van der Waals surface area contributed by atoms with Crippen molar-refractivity contribution in [3.05, 3.63) is 10.6 Å². The average Bonchev–Trinajstić information content (AvgIpc) is 2.68. The molecule has 0 atom stereocenters. The van der Waals surface area contributed by atoms with E-state index in [0.717, 1.165) is 6.61 Å². The van der Waals surface area contributed by atoms with Crippen LogP contribution in [0, 0.1) is 0 Å². The Kier molecular flexibility index (Phi) is 3.62. The third-order valence-electron chi connectivity index (χ3n) is 2.45. The van der Waals surface area contributed by atoms with E-state index in [1.54, 1.807) is 7.11 Å². The fraction of sp³-hybridized carbons (Fsp3) is 0.700. The standard InChI is InChI=1S/C10H16N2OSe/c1-13-8-9-7-11-10(14-9)12-5-3-2-4-6-12/h7H,2-6,8H2,1H3. The zero-order chi connectivity index (χ0) is 9.80. The molecule has 1 aliphatic heterocycles. The van der Waals surface area contributed by atoms with Gasteiger partial charge in [-0.25, -0.2) is 0 Å². The van der Waals surface area contributed by atoms with Crippen molar-refractivity contribution in [2.45, 2.75) is 25.9 Å². The molecule has 0 spiro atoms. The van der Waals surface area contributed by atoms with E-state index in [1.165, 1.54) is 41.5 Å². The Labute approximate surface area is 90.8 Å². The summed E-state index contributed by atoms with van der Waals surface area (Å²) in [7, 11) is 1.75. The Hall–Kier alpha value is -0.311. The van der Waals surface area contributed by atoms with Gasteiger partial charge in [-0.2, -0.15) is 0 Å². The number of piperidine rings is 1. The van der Waals surface area contributed by atoms with E-state index in [9.17, 15) is 0 Å². The molecule has 0 unspecified atom stereocenters. The summed E-state index contributed by atoms with van der Waals surface area (Å²) in [5, 5.41) is 0. The fourth-order valence-corrected chi connectivity index (χ4v) is 3.70. The van der Waals surface area contributed by atoms with Crippen LogP contribution in [0.25, 0.3) is 0 Å². The molecule has 3 nitrogen and oxygen atoms in total. The van der Waals surface area contributed by atoms with Crippen LogP contribution in [0.3, 0.4) is 0 Å². The number of hydrogen-bond donors (Lipinski definition) is 0. The zero-order valence-electron chi connectivity index (χ0n) is 8.53. The van der Waals surface area contributed by atoms with E-state index >= 15 is 0 Å². The summed E-state index contributed by atoms with van der Waals surface area (Å²) in [5.41, 5.74) is 0. The molecular weight excluding hydrogens is 243 g/mol. The topological polar surface area (TPSA) is 25.4 Å². The van der Waals surface area contributed by atoms with Crippen LogP contribution >= 0.6 is 0 Å². The molecule has 1 aromatic rings. The molecule has 0 N–H and O–H groups in total. The van der Waals surface area contributed by atoms with Crippen LogP contribution in [0.15, 0.2) is 6.20 Å². The number of aromatic nitrogens is 1. The first-order chi connectivity index (χ1) is 6.90. The summed E-state index contributed by atoms with van der Waals surface area (Å²) < 4.78 is 7.79. The predicted octanol–water partition coefficient (Wildman–Crippen LogP) is 1.28. The number of ether oxygens (including phenoxy) is 1. The van der Waals surface area contributed by atoms with E-state index in [2.05, 4.69) is 9.88 Å². The van der Waals surface area contributed by atoms with Gasteiger partial charge in [0.25, 0.3) is 0 Å². The van der Waals surface area contributed by atoms with Crippen molar-refractivity contribution in [3.8, 4) is 0 Å². The van der Waals surface area contributed by atoms with Crippen molar-refractivity contribution in [2.75, 3.05) is 25.1 Å². The van der Waals surface area contributed by atoms with E-state index in [0.29, 0.717) is 14.5 Å². The summed E-state index contributed by atoms with van der Waals surface area (Å²) in [6.07, 6.45) is 6.03. The molecule has 78 valence electrons. The molecule has 1 aromatic heterocycles. The summed E-state index contributed by atoms with van der Waals surface area (Å²) >= 11 is 0.424. The summed E-state index contributed by atoms with van der Waals surface area (Å²) in [4.78, 5) is 6.93. The van der Waals surface area contributed by atoms with Crippen molar-refractivity contribution >= 4 is 19.2 Å². The molecule has 0 amide bonds. The molecule has 4 heteroatoms. The average molecular weight is 259 g/mol. The van der Waals surface area contributed by atoms with E-state index in [1.807, 2.05) is 6.20 Å². The van der Waals surface area contributed by atoms with Crippen molar-refractivity contribution < 1.29 is 4.74 Å². The van der Waals surface area contributed by atoms with Gasteiger partial charge >= 0.3 is 90.5 Å². The summed E-state index contributed by atoms with van der Waals surface area (Å²) in [6.45, 7) is 3.16.